The normalized spacial score (nSPS) is 21.4. The van der Waals surface area contributed by atoms with Crippen molar-refractivity contribution in [3.63, 3.8) is 0 Å². The van der Waals surface area contributed by atoms with E-state index < -0.39 is 23.8 Å². The van der Waals surface area contributed by atoms with Crippen LogP contribution in [0.25, 0.3) is 0 Å². The Hall–Kier alpha value is -2.50. The van der Waals surface area contributed by atoms with Gasteiger partial charge in [0.15, 0.2) is 6.10 Å². The Morgan fingerprint density at radius 2 is 1.65 bits per heavy atom. The lowest BCUT2D eigenvalue weighted by Crippen LogP contribution is -2.38. The minimum atomic E-state index is -0.741. The number of benzene rings is 1. The van der Waals surface area contributed by atoms with Crippen LogP contribution < -0.4 is 0 Å². The molecule has 0 radical (unpaired) electrons. The van der Waals surface area contributed by atoms with Gasteiger partial charge in [0, 0.05) is 0 Å². The van der Waals surface area contributed by atoms with Gasteiger partial charge < -0.3 is 4.74 Å². The number of ether oxygens (including phenoxy) is 1. The molecule has 0 N–H and O–H groups in total. The monoisotopic (exact) mass is 272 g/mol. The second-order valence-corrected chi connectivity index (χ2v) is 5.01. The lowest BCUT2D eigenvalue weighted by Gasteiger charge is -2.16. The van der Waals surface area contributed by atoms with Gasteiger partial charge in [-0.15, -0.1) is 0 Å². The Kier molecular flexibility index (Phi) is 2.67. The van der Waals surface area contributed by atoms with E-state index in [-0.39, 0.29) is 11.9 Å². The van der Waals surface area contributed by atoms with E-state index in [4.69, 9.17) is 4.74 Å². The number of aliphatic imine (C=N–C) groups is 1. The summed E-state index contributed by atoms with van der Waals surface area (Å²) in [5.74, 6) is -1.58. The van der Waals surface area contributed by atoms with Crippen LogP contribution >= 0.6 is 0 Å². The van der Waals surface area contributed by atoms with Crippen molar-refractivity contribution in [3.05, 3.63) is 35.4 Å². The molecule has 6 nitrogen and oxygen atoms in total. The number of rotatable bonds is 1. The highest BCUT2D eigenvalue weighted by Gasteiger charge is 2.44. The van der Waals surface area contributed by atoms with E-state index >= 15 is 0 Å². The van der Waals surface area contributed by atoms with Gasteiger partial charge in [0.25, 0.3) is 17.7 Å². The molecular weight excluding hydrogens is 260 g/mol. The average Bonchev–Trinajstić information content (AvgIpc) is 2.90. The molecule has 0 aliphatic carbocycles. The highest BCUT2D eigenvalue weighted by molar-refractivity contribution is 6.29. The molecule has 0 saturated heterocycles. The Labute approximate surface area is 115 Å². The smallest absolute Gasteiger partial charge is 0.310 e. The Balaban J connectivity index is 1.95. The SMILES string of the molecule is CC(C)[C@H]1OC(N2C(=O)c3ccccc3C2=O)=NC1=O. The summed E-state index contributed by atoms with van der Waals surface area (Å²) >= 11 is 0. The molecule has 102 valence electrons. The first kappa shape index (κ1) is 12.5. The zero-order valence-electron chi connectivity index (χ0n) is 11.0. The van der Waals surface area contributed by atoms with E-state index in [1.807, 2.05) is 13.8 Å². The zero-order valence-corrected chi connectivity index (χ0v) is 11.0. The molecular formula is C14H12N2O4. The number of imide groups is 1. The van der Waals surface area contributed by atoms with Crippen molar-refractivity contribution in [2.75, 3.05) is 0 Å². The first-order valence-electron chi connectivity index (χ1n) is 6.27. The molecule has 1 atom stereocenters. The van der Waals surface area contributed by atoms with Gasteiger partial charge in [0.05, 0.1) is 11.1 Å². The van der Waals surface area contributed by atoms with E-state index in [9.17, 15) is 14.4 Å². The third-order valence-electron chi connectivity index (χ3n) is 3.27. The molecule has 0 spiro atoms. The fourth-order valence-electron chi connectivity index (χ4n) is 2.24. The molecule has 20 heavy (non-hydrogen) atoms. The second-order valence-electron chi connectivity index (χ2n) is 5.01. The number of carbonyl (C=O) groups excluding carboxylic acids is 3. The summed E-state index contributed by atoms with van der Waals surface area (Å²) in [6, 6.07) is 6.25. The van der Waals surface area contributed by atoms with Crippen molar-refractivity contribution in [1.82, 2.24) is 4.90 Å². The van der Waals surface area contributed by atoms with Crippen molar-refractivity contribution in [2.45, 2.75) is 20.0 Å². The van der Waals surface area contributed by atoms with E-state index in [2.05, 4.69) is 4.99 Å². The first-order chi connectivity index (χ1) is 9.50. The highest BCUT2D eigenvalue weighted by atomic mass is 16.5. The predicted octanol–water partition coefficient (Wildman–Crippen LogP) is 1.22. The number of amides is 3. The topological polar surface area (TPSA) is 76.0 Å². The lowest BCUT2D eigenvalue weighted by molar-refractivity contribution is -0.124. The minimum Gasteiger partial charge on any atom is -0.450 e. The van der Waals surface area contributed by atoms with Crippen LogP contribution in [0, 0.1) is 5.92 Å². The molecule has 2 aliphatic rings. The molecule has 0 unspecified atom stereocenters. The standard InChI is InChI=1S/C14H12N2O4/c1-7(2)10-11(17)15-14(20-10)16-12(18)8-5-3-4-6-9(8)13(16)19/h3-7,10H,1-2H3/t10-/m1/s1. The van der Waals surface area contributed by atoms with Gasteiger partial charge >= 0.3 is 6.02 Å². The maximum atomic E-state index is 12.2. The van der Waals surface area contributed by atoms with Gasteiger partial charge in [-0.25, -0.2) is 0 Å². The van der Waals surface area contributed by atoms with Crippen LogP contribution in [0.2, 0.25) is 0 Å². The van der Waals surface area contributed by atoms with Crippen molar-refractivity contribution in [3.8, 4) is 0 Å². The van der Waals surface area contributed by atoms with Crippen LogP contribution in [0.5, 0.6) is 0 Å². The first-order valence-corrected chi connectivity index (χ1v) is 6.27. The van der Waals surface area contributed by atoms with Gasteiger partial charge in [-0.3, -0.25) is 14.4 Å². The largest absolute Gasteiger partial charge is 0.450 e. The quantitative estimate of drug-likeness (QED) is 0.720. The van der Waals surface area contributed by atoms with Crippen molar-refractivity contribution in [1.29, 1.82) is 0 Å². The Morgan fingerprint density at radius 3 is 2.10 bits per heavy atom. The molecule has 0 saturated carbocycles. The molecule has 0 aromatic heterocycles. The predicted molar refractivity (Wildman–Crippen MR) is 69.1 cm³/mol. The lowest BCUT2D eigenvalue weighted by atomic mass is 10.1. The number of hydrogen-bond donors (Lipinski definition) is 0. The zero-order chi connectivity index (χ0) is 14.4. The fraction of sp³-hybridized carbons (Fsp3) is 0.286. The summed E-state index contributed by atoms with van der Waals surface area (Å²) in [4.78, 5) is 40.6. The van der Waals surface area contributed by atoms with Crippen LogP contribution in [-0.2, 0) is 9.53 Å². The van der Waals surface area contributed by atoms with Crippen molar-refractivity contribution >= 4 is 23.7 Å². The van der Waals surface area contributed by atoms with Crippen LogP contribution in [0.1, 0.15) is 34.6 Å². The number of amidine groups is 1. The molecule has 3 amide bonds. The summed E-state index contributed by atoms with van der Waals surface area (Å²) in [5, 5.41) is 0. The summed E-state index contributed by atoms with van der Waals surface area (Å²) < 4.78 is 5.38. The van der Waals surface area contributed by atoms with Gasteiger partial charge in [-0.1, -0.05) is 26.0 Å². The summed E-state index contributed by atoms with van der Waals surface area (Å²) in [7, 11) is 0. The van der Waals surface area contributed by atoms with Gasteiger partial charge in [-0.2, -0.15) is 9.89 Å². The summed E-state index contributed by atoms with van der Waals surface area (Å²) in [6.45, 7) is 3.62. The number of fused-ring (bicyclic) bond motifs is 1. The van der Waals surface area contributed by atoms with Crippen LogP contribution in [-0.4, -0.2) is 34.7 Å². The Bertz CT molecular complexity index is 628. The van der Waals surface area contributed by atoms with Crippen LogP contribution in [0.3, 0.4) is 0 Å². The maximum Gasteiger partial charge on any atom is 0.310 e. The summed E-state index contributed by atoms with van der Waals surface area (Å²) in [6.07, 6.45) is -0.741. The summed E-state index contributed by atoms with van der Waals surface area (Å²) in [5.41, 5.74) is 0.591. The van der Waals surface area contributed by atoms with Gasteiger partial charge in [-0.05, 0) is 18.1 Å². The molecule has 1 aromatic rings. The maximum absolute atomic E-state index is 12.2. The van der Waals surface area contributed by atoms with Crippen molar-refractivity contribution < 1.29 is 19.1 Å². The molecule has 2 heterocycles. The third-order valence-corrected chi connectivity index (χ3v) is 3.27. The average molecular weight is 272 g/mol. The van der Waals surface area contributed by atoms with E-state index in [0.717, 1.165) is 4.90 Å². The van der Waals surface area contributed by atoms with E-state index in [1.54, 1.807) is 24.3 Å². The molecule has 0 fully saturated rings. The number of hydrogen-bond acceptors (Lipinski definition) is 4. The van der Waals surface area contributed by atoms with Gasteiger partial charge in [0.2, 0.25) is 0 Å². The number of carbonyl (C=O) groups is 3. The highest BCUT2D eigenvalue weighted by Crippen LogP contribution is 2.26. The van der Waals surface area contributed by atoms with Crippen LogP contribution in [0.4, 0.5) is 0 Å². The molecule has 6 heteroatoms. The Morgan fingerprint density at radius 1 is 1.10 bits per heavy atom. The fourth-order valence-corrected chi connectivity index (χ4v) is 2.24. The second kappa shape index (κ2) is 4.26. The van der Waals surface area contributed by atoms with E-state index in [0.29, 0.717) is 11.1 Å². The minimum absolute atomic E-state index is 0.0843. The van der Waals surface area contributed by atoms with Crippen LogP contribution in [0.15, 0.2) is 29.3 Å². The molecule has 2 aliphatic heterocycles. The van der Waals surface area contributed by atoms with Crippen molar-refractivity contribution in [2.24, 2.45) is 10.9 Å². The molecule has 1 aromatic carbocycles. The van der Waals surface area contributed by atoms with Gasteiger partial charge in [0.1, 0.15) is 0 Å². The molecule has 3 rings (SSSR count). The van der Waals surface area contributed by atoms with E-state index in [1.165, 1.54) is 0 Å². The third kappa shape index (κ3) is 1.65. The number of nitrogens with zero attached hydrogens (tertiary/aromatic N) is 2. The molecule has 0 bridgehead atoms.